The van der Waals surface area contributed by atoms with Crippen molar-refractivity contribution in [3.05, 3.63) is 30.4 Å². The van der Waals surface area contributed by atoms with Crippen molar-refractivity contribution < 1.29 is 30.0 Å². The molecule has 140 valence electrons. The number of thioether (sulfide) groups is 1. The standard InChI is InChI=1S/C12H14F3N3O4S3/c1-2-3-23-6-11-17-8-4-7(12(13,14)15)9(24(16,19)20)5-10(8)25(21,22)18-11/h2,4-5,11,17-18H,1,3,6H2,(H2,16,19,20). The topological polar surface area (TPSA) is 118 Å². The highest BCUT2D eigenvalue weighted by Crippen LogP contribution is 2.39. The minimum atomic E-state index is -5.03. The van der Waals surface area contributed by atoms with Crippen LogP contribution < -0.4 is 15.2 Å². The van der Waals surface area contributed by atoms with E-state index in [9.17, 15) is 30.0 Å². The summed E-state index contributed by atoms with van der Waals surface area (Å²) >= 11 is 1.31. The van der Waals surface area contributed by atoms with Crippen molar-refractivity contribution in [2.45, 2.75) is 22.1 Å². The number of halogens is 3. The van der Waals surface area contributed by atoms with E-state index in [1.807, 2.05) is 0 Å². The van der Waals surface area contributed by atoms with E-state index in [2.05, 4.69) is 16.6 Å². The molecule has 0 saturated heterocycles. The van der Waals surface area contributed by atoms with Gasteiger partial charge in [-0.3, -0.25) is 0 Å². The molecule has 0 bridgehead atoms. The minimum absolute atomic E-state index is 0.225. The molecular weight excluding hydrogens is 403 g/mol. The van der Waals surface area contributed by atoms with Crippen molar-refractivity contribution in [2.24, 2.45) is 5.14 Å². The third-order valence-corrected chi connectivity index (χ3v) is 6.63. The highest BCUT2D eigenvalue weighted by molar-refractivity contribution is 7.99. The Morgan fingerprint density at radius 1 is 1.36 bits per heavy atom. The third kappa shape index (κ3) is 4.47. The summed E-state index contributed by atoms with van der Waals surface area (Å²) in [5, 5.41) is 7.43. The molecule has 0 spiro atoms. The molecule has 1 atom stereocenters. The summed E-state index contributed by atoms with van der Waals surface area (Å²) in [7, 11) is -9.00. The van der Waals surface area contributed by atoms with Crippen LogP contribution in [0.15, 0.2) is 34.6 Å². The maximum absolute atomic E-state index is 13.2. The molecule has 0 aliphatic carbocycles. The molecule has 2 rings (SSSR count). The Morgan fingerprint density at radius 3 is 2.52 bits per heavy atom. The van der Waals surface area contributed by atoms with E-state index in [-0.39, 0.29) is 11.4 Å². The van der Waals surface area contributed by atoms with E-state index in [0.29, 0.717) is 17.9 Å². The van der Waals surface area contributed by atoms with E-state index in [1.54, 1.807) is 6.08 Å². The number of sulfonamides is 2. The molecule has 1 aliphatic heterocycles. The minimum Gasteiger partial charge on any atom is -0.367 e. The predicted molar refractivity (Wildman–Crippen MR) is 88.1 cm³/mol. The molecule has 0 fully saturated rings. The van der Waals surface area contributed by atoms with Crippen LogP contribution in [0.5, 0.6) is 0 Å². The van der Waals surface area contributed by atoms with Crippen molar-refractivity contribution in [1.29, 1.82) is 0 Å². The number of nitrogens with two attached hydrogens (primary N) is 1. The second kappa shape index (κ2) is 6.79. The van der Waals surface area contributed by atoms with E-state index < -0.39 is 47.7 Å². The van der Waals surface area contributed by atoms with Gasteiger partial charge in [-0.1, -0.05) is 6.08 Å². The summed E-state index contributed by atoms with van der Waals surface area (Å²) < 4.78 is 89.2. The van der Waals surface area contributed by atoms with E-state index in [0.717, 1.165) is 0 Å². The van der Waals surface area contributed by atoms with Gasteiger partial charge in [0.05, 0.1) is 22.3 Å². The van der Waals surface area contributed by atoms with Crippen molar-refractivity contribution >= 4 is 37.5 Å². The Labute approximate surface area is 147 Å². The van der Waals surface area contributed by atoms with Crippen LogP contribution in [-0.2, 0) is 26.2 Å². The summed E-state index contributed by atoms with van der Waals surface area (Å²) in [6.45, 7) is 3.51. The first-order chi connectivity index (χ1) is 11.4. The first-order valence-corrected chi connectivity index (χ1v) is 10.8. The summed E-state index contributed by atoms with van der Waals surface area (Å²) in [5.74, 6) is 0.744. The quantitative estimate of drug-likeness (QED) is 0.491. The summed E-state index contributed by atoms with van der Waals surface area (Å²) in [4.78, 5) is -1.92. The monoisotopic (exact) mass is 417 g/mol. The molecule has 1 aromatic rings. The lowest BCUT2D eigenvalue weighted by Gasteiger charge is -2.29. The van der Waals surface area contributed by atoms with Gasteiger partial charge < -0.3 is 5.32 Å². The van der Waals surface area contributed by atoms with Gasteiger partial charge in [0.15, 0.2) is 0 Å². The number of hydrogen-bond donors (Lipinski definition) is 3. The lowest BCUT2D eigenvalue weighted by atomic mass is 10.2. The zero-order valence-electron chi connectivity index (χ0n) is 12.5. The molecule has 0 saturated carbocycles. The number of rotatable bonds is 5. The molecule has 1 aromatic carbocycles. The molecule has 1 aliphatic rings. The van der Waals surface area contributed by atoms with Crippen molar-refractivity contribution in [2.75, 3.05) is 16.8 Å². The van der Waals surface area contributed by atoms with Gasteiger partial charge in [-0.05, 0) is 12.1 Å². The molecule has 0 radical (unpaired) electrons. The van der Waals surface area contributed by atoms with Crippen LogP contribution in [0.2, 0.25) is 0 Å². The second-order valence-electron chi connectivity index (χ2n) is 5.03. The van der Waals surface area contributed by atoms with Crippen molar-refractivity contribution in [3.63, 3.8) is 0 Å². The largest absolute Gasteiger partial charge is 0.417 e. The second-order valence-corrected chi connectivity index (χ2v) is 9.32. The molecule has 0 aromatic heterocycles. The number of hydrogen-bond acceptors (Lipinski definition) is 6. The maximum Gasteiger partial charge on any atom is 0.417 e. The maximum atomic E-state index is 13.2. The molecule has 1 heterocycles. The summed E-state index contributed by atoms with van der Waals surface area (Å²) in [5.41, 5.74) is -1.88. The Kier molecular flexibility index (Phi) is 5.45. The Hall–Kier alpha value is -1.28. The normalized spacial score (nSPS) is 19.8. The van der Waals surface area contributed by atoms with Gasteiger partial charge in [0, 0.05) is 11.5 Å². The number of benzene rings is 1. The number of primary sulfonamides is 1. The number of fused-ring (bicyclic) bond motifs is 1. The van der Waals surface area contributed by atoms with Crippen LogP contribution >= 0.6 is 11.8 Å². The number of anilines is 1. The fraction of sp³-hybridized carbons (Fsp3) is 0.333. The molecule has 1 unspecified atom stereocenters. The first kappa shape index (κ1) is 20.0. The average molecular weight is 417 g/mol. The zero-order valence-corrected chi connectivity index (χ0v) is 14.9. The zero-order chi connectivity index (χ0) is 19.0. The van der Waals surface area contributed by atoms with Gasteiger partial charge in [0.25, 0.3) is 0 Å². The highest BCUT2D eigenvalue weighted by Gasteiger charge is 2.40. The van der Waals surface area contributed by atoms with Crippen LogP contribution in [0.1, 0.15) is 5.56 Å². The number of alkyl halides is 3. The van der Waals surface area contributed by atoms with Crippen LogP contribution in [0.25, 0.3) is 0 Å². The fourth-order valence-electron chi connectivity index (χ4n) is 2.17. The third-order valence-electron chi connectivity index (χ3n) is 3.13. The Bertz CT molecular complexity index is 898. The lowest BCUT2D eigenvalue weighted by Crippen LogP contribution is -2.46. The number of nitrogens with one attached hydrogen (secondary N) is 2. The SMILES string of the molecule is C=CCSCC1Nc2cc(C(F)(F)F)c(S(N)(=O)=O)cc2S(=O)(=O)N1. The van der Waals surface area contributed by atoms with E-state index >= 15 is 0 Å². The fourth-order valence-corrected chi connectivity index (χ4v) is 5.14. The predicted octanol–water partition coefficient (Wildman–Crippen LogP) is 1.30. The van der Waals surface area contributed by atoms with Gasteiger partial charge in [-0.25, -0.2) is 22.0 Å². The van der Waals surface area contributed by atoms with Gasteiger partial charge in [0.2, 0.25) is 20.0 Å². The average Bonchev–Trinajstić information content (AvgIpc) is 2.43. The summed E-state index contributed by atoms with van der Waals surface area (Å²) in [6, 6.07) is 0.856. The van der Waals surface area contributed by atoms with E-state index in [1.165, 1.54) is 11.8 Å². The Morgan fingerprint density at radius 2 is 2.00 bits per heavy atom. The molecule has 7 nitrogen and oxygen atoms in total. The molecule has 25 heavy (non-hydrogen) atoms. The van der Waals surface area contributed by atoms with Crippen LogP contribution in [0.3, 0.4) is 0 Å². The molecule has 13 heteroatoms. The van der Waals surface area contributed by atoms with Crippen molar-refractivity contribution in [1.82, 2.24) is 4.72 Å². The van der Waals surface area contributed by atoms with E-state index in [4.69, 9.17) is 5.14 Å². The van der Waals surface area contributed by atoms with Gasteiger partial charge in [-0.15, -0.1) is 6.58 Å². The Balaban J connectivity index is 2.58. The molecule has 0 amide bonds. The first-order valence-electron chi connectivity index (χ1n) is 6.62. The lowest BCUT2D eigenvalue weighted by molar-refractivity contribution is -0.139. The van der Waals surface area contributed by atoms with Gasteiger partial charge >= 0.3 is 6.18 Å². The van der Waals surface area contributed by atoms with Gasteiger partial charge in [0.1, 0.15) is 4.90 Å². The van der Waals surface area contributed by atoms with Crippen LogP contribution in [-0.4, -0.2) is 34.5 Å². The smallest absolute Gasteiger partial charge is 0.367 e. The van der Waals surface area contributed by atoms with Gasteiger partial charge in [-0.2, -0.15) is 29.7 Å². The van der Waals surface area contributed by atoms with Crippen LogP contribution in [0.4, 0.5) is 18.9 Å². The molecular formula is C12H14F3N3O4S3. The van der Waals surface area contributed by atoms with Crippen LogP contribution in [0, 0.1) is 0 Å². The highest BCUT2D eigenvalue weighted by atomic mass is 32.2. The van der Waals surface area contributed by atoms with Crippen molar-refractivity contribution in [3.8, 4) is 0 Å². The molecule has 4 N–H and O–H groups in total. The summed E-state index contributed by atoms with van der Waals surface area (Å²) in [6.07, 6.45) is -4.29.